The Balaban J connectivity index is 2.01. The van der Waals surface area contributed by atoms with Gasteiger partial charge in [-0.05, 0) is 6.92 Å². The molecular formula is C12H18N6O3. The van der Waals surface area contributed by atoms with Crippen LogP contribution in [0, 0.1) is 0 Å². The summed E-state index contributed by atoms with van der Waals surface area (Å²) >= 11 is 0. The Hall–Kier alpha value is -1.97. The normalized spacial score (nSPS) is 25.6. The van der Waals surface area contributed by atoms with Crippen LogP contribution in [0.3, 0.4) is 0 Å². The predicted molar refractivity (Wildman–Crippen MR) is 75.5 cm³/mol. The fourth-order valence-corrected chi connectivity index (χ4v) is 2.49. The van der Waals surface area contributed by atoms with Gasteiger partial charge >= 0.3 is 0 Å². The minimum atomic E-state index is -0.718. The lowest BCUT2D eigenvalue weighted by Gasteiger charge is -2.14. The first-order valence-corrected chi connectivity index (χ1v) is 6.82. The van der Waals surface area contributed by atoms with Gasteiger partial charge in [0, 0.05) is 13.0 Å². The number of nitrogens with two attached hydrogens (primary N) is 1. The molecule has 2 aromatic rings. The van der Waals surface area contributed by atoms with Gasteiger partial charge in [-0.2, -0.15) is 9.97 Å². The van der Waals surface area contributed by atoms with Crippen LogP contribution in [0.5, 0.6) is 0 Å². The molecular weight excluding hydrogens is 276 g/mol. The Kier molecular flexibility index (Phi) is 3.62. The SMILES string of the molecule is CCNc1nc(N)nc2c1ncn2[C@H]1C[C@H](O)[C@@H](CO)O1. The average Bonchev–Trinajstić information content (AvgIpc) is 3.02. The van der Waals surface area contributed by atoms with Gasteiger partial charge in [0.2, 0.25) is 5.95 Å². The Morgan fingerprint density at radius 2 is 2.33 bits per heavy atom. The molecule has 0 bridgehead atoms. The molecule has 114 valence electrons. The van der Waals surface area contributed by atoms with E-state index >= 15 is 0 Å². The summed E-state index contributed by atoms with van der Waals surface area (Å²) in [6.07, 6.45) is 0.184. The molecule has 5 N–H and O–H groups in total. The van der Waals surface area contributed by atoms with E-state index in [2.05, 4.69) is 20.3 Å². The summed E-state index contributed by atoms with van der Waals surface area (Å²) in [7, 11) is 0. The van der Waals surface area contributed by atoms with Crippen molar-refractivity contribution in [3.8, 4) is 0 Å². The van der Waals surface area contributed by atoms with Gasteiger partial charge in [0.25, 0.3) is 0 Å². The largest absolute Gasteiger partial charge is 0.394 e. The molecule has 3 atom stereocenters. The third-order valence-electron chi connectivity index (χ3n) is 3.48. The number of aliphatic hydroxyl groups is 2. The first-order valence-electron chi connectivity index (χ1n) is 6.82. The van der Waals surface area contributed by atoms with Crippen molar-refractivity contribution >= 4 is 22.9 Å². The molecule has 0 saturated carbocycles. The quantitative estimate of drug-likeness (QED) is 0.592. The van der Waals surface area contributed by atoms with Crippen molar-refractivity contribution in [2.75, 3.05) is 24.2 Å². The molecule has 0 aliphatic carbocycles. The van der Waals surface area contributed by atoms with E-state index in [1.807, 2.05) is 6.92 Å². The van der Waals surface area contributed by atoms with Gasteiger partial charge in [0.05, 0.1) is 19.0 Å². The lowest BCUT2D eigenvalue weighted by molar-refractivity contribution is -0.0432. The van der Waals surface area contributed by atoms with Gasteiger partial charge in [-0.1, -0.05) is 0 Å². The molecule has 3 heterocycles. The first-order chi connectivity index (χ1) is 10.1. The lowest BCUT2D eigenvalue weighted by Crippen LogP contribution is -2.24. The minimum absolute atomic E-state index is 0.137. The van der Waals surface area contributed by atoms with E-state index in [9.17, 15) is 5.11 Å². The fraction of sp³-hybridized carbons (Fsp3) is 0.583. The van der Waals surface area contributed by atoms with Crippen molar-refractivity contribution in [1.82, 2.24) is 19.5 Å². The minimum Gasteiger partial charge on any atom is -0.394 e. The van der Waals surface area contributed by atoms with Gasteiger partial charge in [0.15, 0.2) is 17.0 Å². The van der Waals surface area contributed by atoms with E-state index in [1.54, 1.807) is 10.9 Å². The number of ether oxygens (including phenoxy) is 1. The second-order valence-electron chi connectivity index (χ2n) is 4.90. The number of fused-ring (bicyclic) bond motifs is 1. The maximum atomic E-state index is 9.84. The number of hydrogen-bond acceptors (Lipinski definition) is 8. The van der Waals surface area contributed by atoms with Crippen LogP contribution in [0.4, 0.5) is 11.8 Å². The van der Waals surface area contributed by atoms with Crippen molar-refractivity contribution in [1.29, 1.82) is 0 Å². The molecule has 0 unspecified atom stereocenters. The number of nitrogens with one attached hydrogen (secondary N) is 1. The summed E-state index contributed by atoms with van der Waals surface area (Å²) in [5, 5.41) is 22.1. The van der Waals surface area contributed by atoms with Crippen LogP contribution >= 0.6 is 0 Å². The third-order valence-corrected chi connectivity index (χ3v) is 3.48. The van der Waals surface area contributed by atoms with Gasteiger partial charge in [0.1, 0.15) is 12.3 Å². The zero-order valence-electron chi connectivity index (χ0n) is 11.6. The predicted octanol–water partition coefficient (Wildman–Crippen LogP) is -0.519. The van der Waals surface area contributed by atoms with Gasteiger partial charge in [-0.3, -0.25) is 4.57 Å². The maximum Gasteiger partial charge on any atom is 0.224 e. The van der Waals surface area contributed by atoms with E-state index in [4.69, 9.17) is 15.6 Å². The second-order valence-corrected chi connectivity index (χ2v) is 4.90. The zero-order chi connectivity index (χ0) is 15.0. The molecule has 1 aliphatic rings. The van der Waals surface area contributed by atoms with E-state index < -0.39 is 18.4 Å². The van der Waals surface area contributed by atoms with Crippen LogP contribution in [-0.2, 0) is 4.74 Å². The van der Waals surface area contributed by atoms with Crippen molar-refractivity contribution < 1.29 is 14.9 Å². The van der Waals surface area contributed by atoms with Crippen LogP contribution in [0.25, 0.3) is 11.2 Å². The van der Waals surface area contributed by atoms with Crippen LogP contribution in [0.1, 0.15) is 19.6 Å². The van der Waals surface area contributed by atoms with E-state index in [0.29, 0.717) is 29.9 Å². The Morgan fingerprint density at radius 1 is 1.52 bits per heavy atom. The number of hydrogen-bond donors (Lipinski definition) is 4. The topological polar surface area (TPSA) is 131 Å². The number of nitrogens with zero attached hydrogens (tertiary/aromatic N) is 4. The monoisotopic (exact) mass is 294 g/mol. The molecule has 21 heavy (non-hydrogen) atoms. The second kappa shape index (κ2) is 5.43. The Labute approximate surface area is 120 Å². The first kappa shape index (κ1) is 14.0. The van der Waals surface area contributed by atoms with Crippen LogP contribution in [0.15, 0.2) is 6.33 Å². The number of nitrogen functional groups attached to an aromatic ring is 1. The van der Waals surface area contributed by atoms with Gasteiger partial charge in [-0.15, -0.1) is 0 Å². The highest BCUT2D eigenvalue weighted by atomic mass is 16.5. The summed E-state index contributed by atoms with van der Waals surface area (Å²) < 4.78 is 7.32. The molecule has 1 aliphatic heterocycles. The van der Waals surface area contributed by atoms with Crippen molar-refractivity contribution in [3.63, 3.8) is 0 Å². The number of aliphatic hydroxyl groups excluding tert-OH is 2. The number of rotatable bonds is 4. The van der Waals surface area contributed by atoms with Crippen LogP contribution in [0.2, 0.25) is 0 Å². The third kappa shape index (κ3) is 2.39. The standard InChI is InChI=1S/C12H18N6O3/c1-2-14-10-9-11(17-12(13)16-10)18(5-15-9)8-3-6(20)7(4-19)21-8/h5-8,19-20H,2-4H2,1H3,(H3,13,14,16,17)/t6-,7+,8+/m0/s1. The molecule has 2 aromatic heterocycles. The molecule has 3 rings (SSSR count). The molecule has 0 aromatic carbocycles. The van der Waals surface area contributed by atoms with E-state index in [0.717, 1.165) is 0 Å². The summed E-state index contributed by atoms with van der Waals surface area (Å²) in [5.74, 6) is 0.702. The van der Waals surface area contributed by atoms with Crippen LogP contribution < -0.4 is 11.1 Å². The van der Waals surface area contributed by atoms with Crippen molar-refractivity contribution in [3.05, 3.63) is 6.33 Å². The van der Waals surface area contributed by atoms with Gasteiger partial charge in [-0.25, -0.2) is 4.98 Å². The average molecular weight is 294 g/mol. The fourth-order valence-electron chi connectivity index (χ4n) is 2.49. The highest BCUT2D eigenvalue weighted by molar-refractivity contribution is 5.84. The summed E-state index contributed by atoms with van der Waals surface area (Å²) in [6, 6.07) is 0. The summed E-state index contributed by atoms with van der Waals surface area (Å²) in [6.45, 7) is 2.40. The van der Waals surface area contributed by atoms with E-state index in [1.165, 1.54) is 0 Å². The smallest absolute Gasteiger partial charge is 0.224 e. The molecule has 9 nitrogen and oxygen atoms in total. The number of aromatic nitrogens is 4. The van der Waals surface area contributed by atoms with Gasteiger partial charge < -0.3 is 26.0 Å². The summed E-state index contributed by atoms with van der Waals surface area (Å²) in [4.78, 5) is 12.6. The van der Waals surface area contributed by atoms with Crippen molar-refractivity contribution in [2.45, 2.75) is 31.8 Å². The highest BCUT2D eigenvalue weighted by Gasteiger charge is 2.35. The highest BCUT2D eigenvalue weighted by Crippen LogP contribution is 2.31. The number of imidazole rings is 1. The Morgan fingerprint density at radius 3 is 3.00 bits per heavy atom. The lowest BCUT2D eigenvalue weighted by atomic mass is 10.2. The molecule has 1 saturated heterocycles. The molecule has 0 spiro atoms. The number of anilines is 2. The maximum absolute atomic E-state index is 9.84. The molecule has 0 radical (unpaired) electrons. The molecule has 9 heteroatoms. The zero-order valence-corrected chi connectivity index (χ0v) is 11.6. The molecule has 1 fully saturated rings. The summed E-state index contributed by atoms with van der Waals surface area (Å²) in [5.41, 5.74) is 6.86. The van der Waals surface area contributed by atoms with Crippen LogP contribution in [-0.4, -0.2) is 55.1 Å². The Bertz CT molecular complexity index is 645. The molecule has 0 amide bonds. The van der Waals surface area contributed by atoms with Crippen molar-refractivity contribution in [2.24, 2.45) is 0 Å². The van der Waals surface area contributed by atoms with E-state index in [-0.39, 0.29) is 12.6 Å².